The van der Waals surface area contributed by atoms with Crippen LogP contribution in [0.1, 0.15) is 43.7 Å². The minimum Gasteiger partial charge on any atom is -0.383 e. The predicted molar refractivity (Wildman–Crippen MR) is 125 cm³/mol. The number of anilines is 2. The lowest BCUT2D eigenvalue weighted by Gasteiger charge is -2.14. The van der Waals surface area contributed by atoms with E-state index in [1.54, 1.807) is 6.33 Å². The van der Waals surface area contributed by atoms with Gasteiger partial charge in [0.05, 0.1) is 15.4 Å². The molecule has 0 amide bonds. The lowest BCUT2D eigenvalue weighted by molar-refractivity contribution is 0.449. The van der Waals surface area contributed by atoms with Gasteiger partial charge in [0.1, 0.15) is 23.6 Å². The van der Waals surface area contributed by atoms with Crippen LogP contribution < -0.4 is 11.5 Å². The molecule has 3 heterocycles. The Balaban J connectivity index is 1.20. The first-order valence-corrected chi connectivity index (χ1v) is 11.3. The maximum absolute atomic E-state index is 5.99. The SMILES string of the molecule is Nc1nc2cc(CCCC3CCC(n4ccc5c(N)ncnc54)C3)ccc2cc1Br. The highest BCUT2D eigenvalue weighted by Crippen LogP contribution is 2.39. The van der Waals surface area contributed by atoms with E-state index in [0.717, 1.165) is 38.7 Å². The molecule has 0 aliphatic heterocycles. The number of pyridine rings is 1. The zero-order valence-electron chi connectivity index (χ0n) is 16.8. The molecule has 2 unspecified atom stereocenters. The Morgan fingerprint density at radius 1 is 1.07 bits per heavy atom. The van der Waals surface area contributed by atoms with Crippen LogP contribution in [0.3, 0.4) is 0 Å². The van der Waals surface area contributed by atoms with Gasteiger partial charge in [0.15, 0.2) is 0 Å². The first kappa shape index (κ1) is 19.3. The van der Waals surface area contributed by atoms with E-state index >= 15 is 0 Å². The van der Waals surface area contributed by atoms with Crippen LogP contribution in [0.2, 0.25) is 0 Å². The van der Waals surface area contributed by atoms with Crippen molar-refractivity contribution < 1.29 is 0 Å². The summed E-state index contributed by atoms with van der Waals surface area (Å²) in [7, 11) is 0. The minimum absolute atomic E-state index is 0.507. The summed E-state index contributed by atoms with van der Waals surface area (Å²) in [6.45, 7) is 0. The highest BCUT2D eigenvalue weighted by molar-refractivity contribution is 9.10. The summed E-state index contributed by atoms with van der Waals surface area (Å²) in [6, 6.07) is 11.1. The number of nitrogens with two attached hydrogens (primary N) is 2. The van der Waals surface area contributed by atoms with Crippen molar-refractivity contribution in [3.05, 3.63) is 52.9 Å². The van der Waals surface area contributed by atoms with Gasteiger partial charge in [-0.2, -0.15) is 0 Å². The topological polar surface area (TPSA) is 95.6 Å². The van der Waals surface area contributed by atoms with Gasteiger partial charge in [0.25, 0.3) is 0 Å². The number of aromatic nitrogens is 4. The molecule has 6 nitrogen and oxygen atoms in total. The van der Waals surface area contributed by atoms with Gasteiger partial charge in [-0.3, -0.25) is 0 Å². The highest BCUT2D eigenvalue weighted by atomic mass is 79.9. The Hall–Kier alpha value is -2.67. The molecule has 4 aromatic rings. The van der Waals surface area contributed by atoms with Gasteiger partial charge in [-0.25, -0.2) is 15.0 Å². The number of rotatable bonds is 5. The Labute approximate surface area is 183 Å². The van der Waals surface area contributed by atoms with Crippen LogP contribution in [0, 0.1) is 5.92 Å². The van der Waals surface area contributed by atoms with E-state index in [9.17, 15) is 0 Å². The molecule has 7 heteroatoms. The molecule has 1 aliphatic carbocycles. The van der Waals surface area contributed by atoms with Crippen molar-refractivity contribution in [1.82, 2.24) is 19.5 Å². The van der Waals surface area contributed by atoms with Crippen molar-refractivity contribution in [2.45, 2.75) is 44.6 Å². The van der Waals surface area contributed by atoms with Crippen LogP contribution in [0.25, 0.3) is 21.9 Å². The summed E-state index contributed by atoms with van der Waals surface area (Å²) in [5, 5.41) is 2.07. The van der Waals surface area contributed by atoms with E-state index < -0.39 is 0 Å². The van der Waals surface area contributed by atoms with Crippen molar-refractivity contribution in [2.24, 2.45) is 5.92 Å². The molecule has 4 N–H and O–H groups in total. The van der Waals surface area contributed by atoms with Gasteiger partial charge < -0.3 is 16.0 Å². The molecular formula is C23H25BrN6. The molecule has 0 bridgehead atoms. The maximum atomic E-state index is 5.99. The first-order valence-electron chi connectivity index (χ1n) is 10.5. The van der Waals surface area contributed by atoms with Crippen molar-refractivity contribution in [1.29, 1.82) is 0 Å². The number of nitrogens with zero attached hydrogens (tertiary/aromatic N) is 4. The fourth-order valence-corrected chi connectivity index (χ4v) is 5.14. The molecule has 5 rings (SSSR count). The molecule has 2 atom stereocenters. The van der Waals surface area contributed by atoms with Crippen molar-refractivity contribution in [3.8, 4) is 0 Å². The van der Waals surface area contributed by atoms with Crippen LogP contribution in [0.5, 0.6) is 0 Å². The minimum atomic E-state index is 0.507. The number of halogens is 1. The van der Waals surface area contributed by atoms with Crippen LogP contribution in [-0.2, 0) is 6.42 Å². The molecular weight excluding hydrogens is 440 g/mol. The van der Waals surface area contributed by atoms with Gasteiger partial charge in [0, 0.05) is 17.6 Å². The van der Waals surface area contributed by atoms with Gasteiger partial charge >= 0.3 is 0 Å². The Morgan fingerprint density at radius 2 is 1.97 bits per heavy atom. The Kier molecular flexibility index (Phi) is 5.06. The van der Waals surface area contributed by atoms with E-state index in [0.29, 0.717) is 17.7 Å². The molecule has 3 aromatic heterocycles. The number of benzene rings is 1. The van der Waals surface area contributed by atoms with Gasteiger partial charge in [-0.1, -0.05) is 18.6 Å². The highest BCUT2D eigenvalue weighted by Gasteiger charge is 2.26. The average Bonchev–Trinajstić information content (AvgIpc) is 3.36. The molecule has 154 valence electrons. The Morgan fingerprint density at radius 3 is 2.87 bits per heavy atom. The number of nitrogen functional groups attached to an aromatic ring is 2. The number of fused-ring (bicyclic) bond motifs is 2. The molecule has 1 saturated carbocycles. The number of aryl methyl sites for hydroxylation is 1. The monoisotopic (exact) mass is 464 g/mol. The summed E-state index contributed by atoms with van der Waals surface area (Å²) in [6.07, 6.45) is 10.9. The van der Waals surface area contributed by atoms with E-state index in [1.807, 2.05) is 12.1 Å². The van der Waals surface area contributed by atoms with E-state index in [-0.39, 0.29) is 0 Å². The third-order valence-electron chi connectivity index (χ3n) is 6.39. The largest absolute Gasteiger partial charge is 0.383 e. The Bertz CT molecular complexity index is 1220. The van der Waals surface area contributed by atoms with Crippen molar-refractivity contribution >= 4 is 49.5 Å². The normalized spacial score (nSPS) is 19.1. The standard InChI is InChI=1S/C23H25BrN6/c24-19-12-16-6-4-15(11-20(16)29-22(19)26)3-1-2-14-5-7-17(10-14)30-9-8-18-21(25)27-13-28-23(18)30/h4,6,8-9,11-14,17H,1-3,5,7,10H2,(H2,26,29)(H2,25,27,28). The summed E-state index contributed by atoms with van der Waals surface area (Å²) in [4.78, 5) is 13.1. The third-order valence-corrected chi connectivity index (χ3v) is 7.02. The zero-order chi connectivity index (χ0) is 20.7. The van der Waals surface area contributed by atoms with E-state index in [2.05, 4.69) is 59.8 Å². The van der Waals surface area contributed by atoms with Crippen molar-refractivity contribution in [2.75, 3.05) is 11.5 Å². The maximum Gasteiger partial charge on any atom is 0.145 e. The van der Waals surface area contributed by atoms with Gasteiger partial charge in [0.2, 0.25) is 0 Å². The summed E-state index contributed by atoms with van der Waals surface area (Å²) >= 11 is 3.45. The quantitative estimate of drug-likeness (QED) is 0.419. The molecule has 0 spiro atoms. The van der Waals surface area contributed by atoms with E-state index in [1.165, 1.54) is 37.7 Å². The second kappa shape index (κ2) is 7.87. The lowest BCUT2D eigenvalue weighted by Crippen LogP contribution is -2.06. The number of hydrogen-bond donors (Lipinski definition) is 2. The molecule has 0 radical (unpaired) electrons. The fourth-order valence-electron chi connectivity index (χ4n) is 4.80. The molecule has 0 saturated heterocycles. The molecule has 1 aromatic carbocycles. The number of hydrogen-bond acceptors (Lipinski definition) is 5. The van der Waals surface area contributed by atoms with Crippen LogP contribution >= 0.6 is 15.9 Å². The average molecular weight is 465 g/mol. The van der Waals surface area contributed by atoms with Crippen molar-refractivity contribution in [3.63, 3.8) is 0 Å². The van der Waals surface area contributed by atoms with Crippen LogP contribution in [0.15, 0.2) is 47.3 Å². The zero-order valence-corrected chi connectivity index (χ0v) is 18.3. The summed E-state index contributed by atoms with van der Waals surface area (Å²) in [5.41, 5.74) is 15.2. The molecule has 1 aliphatic rings. The third kappa shape index (κ3) is 3.62. The molecule has 1 fully saturated rings. The van der Waals surface area contributed by atoms with Gasteiger partial charge in [-0.15, -0.1) is 0 Å². The summed E-state index contributed by atoms with van der Waals surface area (Å²) in [5.74, 6) is 1.87. The second-order valence-electron chi connectivity index (χ2n) is 8.33. The molecule has 30 heavy (non-hydrogen) atoms. The fraction of sp³-hybridized carbons (Fsp3) is 0.348. The first-order chi connectivity index (χ1) is 14.6. The lowest BCUT2D eigenvalue weighted by atomic mass is 9.97. The smallest absolute Gasteiger partial charge is 0.145 e. The second-order valence-corrected chi connectivity index (χ2v) is 9.18. The van der Waals surface area contributed by atoms with E-state index in [4.69, 9.17) is 11.5 Å². The van der Waals surface area contributed by atoms with Gasteiger partial charge in [-0.05, 0) is 77.7 Å². The summed E-state index contributed by atoms with van der Waals surface area (Å²) < 4.78 is 3.15. The predicted octanol–water partition coefficient (Wildman–Crippen LogP) is 5.27. The van der Waals surface area contributed by atoms with Crippen LogP contribution in [-0.4, -0.2) is 19.5 Å². The van der Waals surface area contributed by atoms with Crippen LogP contribution in [0.4, 0.5) is 11.6 Å².